The van der Waals surface area contributed by atoms with Gasteiger partial charge >= 0.3 is 5.69 Å². The van der Waals surface area contributed by atoms with Gasteiger partial charge in [0.05, 0.1) is 30.6 Å². The molecule has 9 nitrogen and oxygen atoms in total. The number of ether oxygens (including phenoxy) is 1. The molecule has 0 aliphatic carbocycles. The van der Waals surface area contributed by atoms with Crippen molar-refractivity contribution in [2.75, 3.05) is 38.6 Å². The fourth-order valence-electron chi connectivity index (χ4n) is 3.12. The molecule has 10 heteroatoms. The average Bonchev–Trinajstić information content (AvgIpc) is 3.30. The third-order valence-electron chi connectivity index (χ3n) is 4.56. The molecule has 0 atom stereocenters. The van der Waals surface area contributed by atoms with Gasteiger partial charge in [-0.05, 0) is 12.1 Å². The first-order chi connectivity index (χ1) is 13.1. The Labute approximate surface area is 157 Å². The molecule has 1 aliphatic heterocycles. The average molecular weight is 390 g/mol. The highest BCUT2D eigenvalue weighted by molar-refractivity contribution is 7.21. The number of nitrogens with one attached hydrogen (secondary N) is 1. The molecule has 3 aromatic heterocycles. The summed E-state index contributed by atoms with van der Waals surface area (Å²) in [6.07, 6.45) is 1.39. The van der Waals surface area contributed by atoms with Gasteiger partial charge in [-0.15, -0.1) is 11.3 Å². The zero-order valence-corrected chi connectivity index (χ0v) is 15.2. The molecule has 1 saturated heterocycles. The van der Waals surface area contributed by atoms with E-state index in [4.69, 9.17) is 14.9 Å². The summed E-state index contributed by atoms with van der Waals surface area (Å²) in [7, 11) is 0. The van der Waals surface area contributed by atoms with Crippen LogP contribution in [0.5, 0.6) is 0 Å². The Balaban J connectivity index is 1.75. The molecular formula is C17H18N4O5S. The van der Waals surface area contributed by atoms with Gasteiger partial charge in [0, 0.05) is 26.2 Å². The number of hydrogen-bond donors (Lipinski definition) is 2. The summed E-state index contributed by atoms with van der Waals surface area (Å²) >= 11 is 1.04. The molecule has 3 aromatic rings. The third-order valence-corrected chi connectivity index (χ3v) is 5.79. The van der Waals surface area contributed by atoms with Crippen LogP contribution in [-0.4, -0.2) is 53.1 Å². The van der Waals surface area contributed by atoms with E-state index in [0.29, 0.717) is 31.1 Å². The van der Waals surface area contributed by atoms with Gasteiger partial charge in [-0.1, -0.05) is 0 Å². The minimum Gasteiger partial charge on any atom is -0.461 e. The zero-order chi connectivity index (χ0) is 19.0. The van der Waals surface area contributed by atoms with Crippen LogP contribution in [0.1, 0.15) is 15.4 Å². The zero-order valence-electron chi connectivity index (χ0n) is 14.4. The van der Waals surface area contributed by atoms with Crippen LogP contribution in [0.25, 0.3) is 10.2 Å². The quantitative estimate of drug-likeness (QED) is 0.608. The summed E-state index contributed by atoms with van der Waals surface area (Å²) in [5.74, 6) is -0.280. The van der Waals surface area contributed by atoms with Gasteiger partial charge in [0.1, 0.15) is 9.71 Å². The molecule has 0 aromatic carbocycles. The van der Waals surface area contributed by atoms with Gasteiger partial charge in [-0.3, -0.25) is 24.0 Å². The number of ketones is 1. The van der Waals surface area contributed by atoms with Gasteiger partial charge in [-0.2, -0.15) is 0 Å². The molecule has 4 rings (SSSR count). The number of hydrogen-bond acceptors (Lipinski definition) is 8. The summed E-state index contributed by atoms with van der Waals surface area (Å²) < 4.78 is 11.9. The molecule has 1 fully saturated rings. The molecular weight excluding hydrogens is 372 g/mol. The van der Waals surface area contributed by atoms with E-state index in [0.717, 1.165) is 24.4 Å². The Morgan fingerprint density at radius 1 is 1.26 bits per heavy atom. The van der Waals surface area contributed by atoms with Crippen LogP contribution in [0.2, 0.25) is 0 Å². The fraction of sp³-hybridized carbons (Fsp3) is 0.353. The van der Waals surface area contributed by atoms with Crippen molar-refractivity contribution in [3.63, 3.8) is 0 Å². The van der Waals surface area contributed by atoms with Crippen molar-refractivity contribution < 1.29 is 13.9 Å². The van der Waals surface area contributed by atoms with Crippen LogP contribution in [-0.2, 0) is 11.3 Å². The number of anilines is 1. The van der Waals surface area contributed by atoms with E-state index in [-0.39, 0.29) is 21.7 Å². The van der Waals surface area contributed by atoms with E-state index >= 15 is 0 Å². The molecule has 4 heterocycles. The van der Waals surface area contributed by atoms with Gasteiger partial charge in [-0.25, -0.2) is 4.79 Å². The molecule has 0 unspecified atom stereocenters. The van der Waals surface area contributed by atoms with Crippen molar-refractivity contribution in [2.24, 2.45) is 0 Å². The van der Waals surface area contributed by atoms with Crippen molar-refractivity contribution in [1.29, 1.82) is 0 Å². The number of aromatic nitrogens is 2. The van der Waals surface area contributed by atoms with Crippen LogP contribution >= 0.6 is 11.3 Å². The molecule has 0 spiro atoms. The number of nitrogens with zero attached hydrogens (tertiary/aromatic N) is 2. The largest absolute Gasteiger partial charge is 0.461 e. The molecule has 27 heavy (non-hydrogen) atoms. The van der Waals surface area contributed by atoms with E-state index in [2.05, 4.69) is 9.88 Å². The lowest BCUT2D eigenvalue weighted by Crippen LogP contribution is -2.40. The minimum absolute atomic E-state index is 0.0674. The first kappa shape index (κ1) is 17.7. The van der Waals surface area contributed by atoms with Gasteiger partial charge in [0.2, 0.25) is 5.78 Å². The van der Waals surface area contributed by atoms with E-state index in [1.807, 2.05) is 0 Å². The number of carbonyl (C=O) groups excluding carboxylic acids is 1. The van der Waals surface area contributed by atoms with Crippen molar-refractivity contribution in [2.45, 2.75) is 6.54 Å². The number of carbonyl (C=O) groups is 1. The summed E-state index contributed by atoms with van der Waals surface area (Å²) in [6.45, 7) is 3.89. The maximum Gasteiger partial charge on any atom is 0.329 e. The number of thiophene rings is 1. The van der Waals surface area contributed by atoms with Crippen molar-refractivity contribution in [1.82, 2.24) is 14.5 Å². The lowest BCUT2D eigenvalue weighted by atomic mass is 10.2. The number of H-pyrrole nitrogens is 1. The molecule has 0 bridgehead atoms. The molecule has 0 saturated carbocycles. The summed E-state index contributed by atoms with van der Waals surface area (Å²) in [4.78, 5) is 42.4. The van der Waals surface area contributed by atoms with Crippen LogP contribution in [0.4, 0.5) is 5.69 Å². The Morgan fingerprint density at radius 3 is 2.74 bits per heavy atom. The highest BCUT2D eigenvalue weighted by Gasteiger charge is 2.24. The Hall–Kier alpha value is -2.69. The third kappa shape index (κ3) is 3.22. The summed E-state index contributed by atoms with van der Waals surface area (Å²) in [5, 5.41) is 0.163. The van der Waals surface area contributed by atoms with E-state index in [9.17, 15) is 14.4 Å². The first-order valence-electron chi connectivity index (χ1n) is 8.49. The standard InChI is InChI=1S/C17H18N4O5S/c18-12-11-15(23)19-17(24)21(4-3-20-5-8-25-9-6-20)16(11)27-14(12)13(22)10-2-1-7-26-10/h1-2,7H,3-6,8-9,18H2,(H,19,23,24). The molecule has 1 aliphatic rings. The SMILES string of the molecule is Nc1c(C(=O)c2ccco2)sc2c1c(=O)[nH]c(=O)n2CCN1CCOCC1. The van der Waals surface area contributed by atoms with E-state index in [1.54, 1.807) is 6.07 Å². The Kier molecular flexibility index (Phi) is 4.68. The number of fused-ring (bicyclic) bond motifs is 1. The maximum atomic E-state index is 12.6. The number of nitrogens with two attached hydrogens (primary N) is 1. The molecule has 142 valence electrons. The second-order valence-electron chi connectivity index (χ2n) is 6.20. The Morgan fingerprint density at radius 2 is 2.04 bits per heavy atom. The van der Waals surface area contributed by atoms with Crippen molar-refractivity contribution in [3.8, 4) is 0 Å². The highest BCUT2D eigenvalue weighted by atomic mass is 32.1. The molecule has 0 radical (unpaired) electrons. The number of aromatic amines is 1. The second kappa shape index (κ2) is 7.14. The van der Waals surface area contributed by atoms with Crippen LogP contribution in [0.15, 0.2) is 32.4 Å². The monoisotopic (exact) mass is 390 g/mol. The normalized spacial score (nSPS) is 15.4. The van der Waals surface area contributed by atoms with Crippen LogP contribution in [0.3, 0.4) is 0 Å². The van der Waals surface area contributed by atoms with Gasteiger partial charge in [0.15, 0.2) is 5.76 Å². The topological polar surface area (TPSA) is 124 Å². The van der Waals surface area contributed by atoms with Gasteiger partial charge < -0.3 is 14.9 Å². The maximum absolute atomic E-state index is 12.6. The van der Waals surface area contributed by atoms with Crippen LogP contribution < -0.4 is 17.0 Å². The Bertz CT molecular complexity index is 1090. The predicted molar refractivity (Wildman–Crippen MR) is 101 cm³/mol. The lowest BCUT2D eigenvalue weighted by molar-refractivity contribution is 0.0364. The van der Waals surface area contributed by atoms with Crippen molar-refractivity contribution in [3.05, 3.63) is 49.9 Å². The summed E-state index contributed by atoms with van der Waals surface area (Å²) in [6, 6.07) is 3.13. The van der Waals surface area contributed by atoms with E-state index < -0.39 is 17.0 Å². The minimum atomic E-state index is -0.593. The van der Waals surface area contributed by atoms with Gasteiger partial charge in [0.25, 0.3) is 5.56 Å². The number of furan rings is 1. The number of morpholine rings is 1. The predicted octanol–water partition coefficient (Wildman–Crippen LogP) is 0.490. The second-order valence-corrected chi connectivity index (χ2v) is 7.20. The van der Waals surface area contributed by atoms with Crippen molar-refractivity contribution >= 4 is 33.0 Å². The smallest absolute Gasteiger partial charge is 0.329 e. The summed E-state index contributed by atoms with van der Waals surface area (Å²) in [5.41, 5.74) is 5.05. The first-order valence-corrected chi connectivity index (χ1v) is 9.31. The highest BCUT2D eigenvalue weighted by Crippen LogP contribution is 2.32. The number of rotatable bonds is 5. The molecule has 0 amide bonds. The number of nitrogen functional groups attached to an aromatic ring is 1. The fourth-order valence-corrected chi connectivity index (χ4v) is 4.31. The van der Waals surface area contributed by atoms with Crippen LogP contribution in [0, 0.1) is 0 Å². The van der Waals surface area contributed by atoms with E-state index in [1.165, 1.54) is 16.9 Å². The molecule has 3 N–H and O–H groups in total. The lowest BCUT2D eigenvalue weighted by Gasteiger charge is -2.26.